The zero-order chi connectivity index (χ0) is 19.7. The number of thiazole rings is 1. The van der Waals surface area contributed by atoms with Crippen LogP contribution in [0.25, 0.3) is 10.2 Å². The number of carbonyl (C=O) groups excluding carboxylic acids is 2. The minimum atomic E-state index is -0.114. The van der Waals surface area contributed by atoms with Crippen LogP contribution in [0, 0.1) is 12.8 Å². The summed E-state index contributed by atoms with van der Waals surface area (Å²) >= 11 is 7.42. The molecule has 0 bridgehead atoms. The molecule has 0 spiro atoms. The molecule has 1 aliphatic rings. The number of piperidine rings is 1. The third kappa shape index (κ3) is 3.88. The maximum Gasteiger partial charge on any atom is 0.254 e. The van der Waals surface area contributed by atoms with Gasteiger partial charge in [0.05, 0.1) is 10.2 Å². The van der Waals surface area contributed by atoms with Gasteiger partial charge >= 0.3 is 0 Å². The van der Waals surface area contributed by atoms with Crippen LogP contribution in [-0.4, -0.2) is 34.8 Å². The first-order valence-corrected chi connectivity index (χ1v) is 10.4. The minimum absolute atomic E-state index is 0.0341. The molecule has 2 heterocycles. The zero-order valence-electron chi connectivity index (χ0n) is 15.4. The van der Waals surface area contributed by atoms with Gasteiger partial charge in [0.15, 0.2) is 5.13 Å². The Morgan fingerprint density at radius 1 is 1.18 bits per heavy atom. The third-order valence-corrected chi connectivity index (χ3v) is 6.28. The van der Waals surface area contributed by atoms with E-state index in [1.807, 2.05) is 48.2 Å². The van der Waals surface area contributed by atoms with Crippen LogP contribution < -0.4 is 5.32 Å². The SMILES string of the molecule is Cc1ccccc1C(=O)N1CCC(C(=O)Nc2nc3ccc(Cl)cc3s2)CC1. The topological polar surface area (TPSA) is 62.3 Å². The molecule has 2 aromatic carbocycles. The Labute approximate surface area is 172 Å². The van der Waals surface area contributed by atoms with Gasteiger partial charge in [-0.1, -0.05) is 41.1 Å². The molecule has 3 aromatic rings. The summed E-state index contributed by atoms with van der Waals surface area (Å²) in [6.07, 6.45) is 1.31. The molecule has 0 unspecified atom stereocenters. The van der Waals surface area contributed by atoms with Gasteiger partial charge in [0.1, 0.15) is 0 Å². The molecule has 7 heteroatoms. The molecule has 1 fully saturated rings. The number of amides is 2. The fourth-order valence-electron chi connectivity index (χ4n) is 3.49. The number of hydrogen-bond acceptors (Lipinski definition) is 4. The van der Waals surface area contributed by atoms with Gasteiger partial charge < -0.3 is 10.2 Å². The highest BCUT2D eigenvalue weighted by Gasteiger charge is 2.28. The highest BCUT2D eigenvalue weighted by atomic mass is 35.5. The van der Waals surface area contributed by atoms with E-state index >= 15 is 0 Å². The van der Waals surface area contributed by atoms with Gasteiger partial charge in [-0.05, 0) is 49.6 Å². The number of carbonyl (C=O) groups is 2. The predicted molar refractivity (Wildman–Crippen MR) is 113 cm³/mol. The quantitative estimate of drug-likeness (QED) is 0.674. The largest absolute Gasteiger partial charge is 0.339 e. The Bertz CT molecular complexity index is 1040. The Hall–Kier alpha value is -2.44. The molecule has 0 aliphatic carbocycles. The first-order chi connectivity index (χ1) is 13.5. The van der Waals surface area contributed by atoms with E-state index in [0.717, 1.165) is 21.3 Å². The van der Waals surface area contributed by atoms with Crippen LogP contribution in [0.15, 0.2) is 42.5 Å². The van der Waals surface area contributed by atoms with E-state index in [1.54, 1.807) is 6.07 Å². The van der Waals surface area contributed by atoms with Gasteiger partial charge in [-0.3, -0.25) is 9.59 Å². The van der Waals surface area contributed by atoms with Crippen molar-refractivity contribution >= 4 is 50.1 Å². The van der Waals surface area contributed by atoms with Gasteiger partial charge in [0.2, 0.25) is 5.91 Å². The monoisotopic (exact) mass is 413 g/mol. The van der Waals surface area contributed by atoms with Crippen LogP contribution in [-0.2, 0) is 4.79 Å². The molecule has 1 aromatic heterocycles. The number of hydrogen-bond donors (Lipinski definition) is 1. The molecule has 0 radical (unpaired) electrons. The number of anilines is 1. The Kier molecular flexibility index (Phi) is 5.33. The van der Waals surface area contributed by atoms with Gasteiger partial charge in [-0.15, -0.1) is 0 Å². The maximum atomic E-state index is 12.7. The highest BCUT2D eigenvalue weighted by Crippen LogP contribution is 2.29. The average molecular weight is 414 g/mol. The summed E-state index contributed by atoms with van der Waals surface area (Å²) in [5, 5.41) is 4.16. The minimum Gasteiger partial charge on any atom is -0.339 e. The van der Waals surface area contributed by atoms with Crippen LogP contribution in [0.1, 0.15) is 28.8 Å². The molecule has 1 aliphatic heterocycles. The van der Waals surface area contributed by atoms with Gasteiger partial charge in [-0.25, -0.2) is 4.98 Å². The molecule has 144 valence electrons. The number of halogens is 1. The second kappa shape index (κ2) is 7.89. The standard InChI is InChI=1S/C21H20ClN3O2S/c1-13-4-2-3-5-16(13)20(27)25-10-8-14(9-11-25)19(26)24-21-23-17-7-6-15(22)12-18(17)28-21/h2-7,12,14H,8-11H2,1H3,(H,23,24,26). The van der Waals surface area contributed by atoms with Crippen LogP contribution in [0.4, 0.5) is 5.13 Å². The summed E-state index contributed by atoms with van der Waals surface area (Å²) in [6, 6.07) is 13.1. The summed E-state index contributed by atoms with van der Waals surface area (Å²) < 4.78 is 0.946. The van der Waals surface area contributed by atoms with Crippen molar-refractivity contribution in [1.29, 1.82) is 0 Å². The van der Waals surface area contributed by atoms with Crippen LogP contribution in [0.2, 0.25) is 5.02 Å². The van der Waals surface area contributed by atoms with E-state index in [-0.39, 0.29) is 17.7 Å². The number of likely N-dealkylation sites (tertiary alicyclic amines) is 1. The lowest BCUT2D eigenvalue weighted by atomic mass is 9.95. The highest BCUT2D eigenvalue weighted by molar-refractivity contribution is 7.22. The fourth-order valence-corrected chi connectivity index (χ4v) is 4.63. The molecule has 2 amide bonds. The smallest absolute Gasteiger partial charge is 0.254 e. The van der Waals surface area contributed by atoms with Crippen molar-refractivity contribution in [3.63, 3.8) is 0 Å². The number of fused-ring (bicyclic) bond motifs is 1. The normalized spacial score (nSPS) is 15.0. The summed E-state index contributed by atoms with van der Waals surface area (Å²) in [7, 11) is 0. The van der Waals surface area contributed by atoms with Crippen molar-refractivity contribution in [3.05, 3.63) is 58.6 Å². The summed E-state index contributed by atoms with van der Waals surface area (Å²) in [4.78, 5) is 31.6. The van der Waals surface area contributed by atoms with E-state index in [9.17, 15) is 9.59 Å². The lowest BCUT2D eigenvalue weighted by molar-refractivity contribution is -0.121. The first kappa shape index (κ1) is 18.9. The molecule has 4 rings (SSSR count). The van der Waals surface area contributed by atoms with Gasteiger partial charge in [-0.2, -0.15) is 0 Å². The van der Waals surface area contributed by atoms with Crippen molar-refractivity contribution in [1.82, 2.24) is 9.88 Å². The zero-order valence-corrected chi connectivity index (χ0v) is 17.0. The average Bonchev–Trinajstić information content (AvgIpc) is 3.09. The number of aryl methyl sites for hydroxylation is 1. The van der Waals surface area contributed by atoms with Crippen LogP contribution >= 0.6 is 22.9 Å². The van der Waals surface area contributed by atoms with Crippen LogP contribution in [0.5, 0.6) is 0 Å². The first-order valence-electron chi connectivity index (χ1n) is 9.23. The number of benzene rings is 2. The fraction of sp³-hybridized carbons (Fsp3) is 0.286. The molecular formula is C21H20ClN3O2S. The van der Waals surface area contributed by atoms with Crippen molar-refractivity contribution in [2.45, 2.75) is 19.8 Å². The Morgan fingerprint density at radius 3 is 2.68 bits per heavy atom. The maximum absolute atomic E-state index is 12.7. The number of aromatic nitrogens is 1. The van der Waals surface area contributed by atoms with E-state index in [0.29, 0.717) is 36.1 Å². The predicted octanol–water partition coefficient (Wildman–Crippen LogP) is 4.75. The van der Waals surface area contributed by atoms with Crippen molar-refractivity contribution in [2.24, 2.45) is 5.92 Å². The molecule has 5 nitrogen and oxygen atoms in total. The Morgan fingerprint density at radius 2 is 1.93 bits per heavy atom. The Balaban J connectivity index is 1.37. The van der Waals surface area contributed by atoms with Crippen molar-refractivity contribution in [3.8, 4) is 0 Å². The summed E-state index contributed by atoms with van der Waals surface area (Å²) in [5.74, 6) is -0.107. The molecule has 1 N–H and O–H groups in total. The van der Waals surface area contributed by atoms with E-state index < -0.39 is 0 Å². The van der Waals surface area contributed by atoms with Gasteiger partial charge in [0.25, 0.3) is 5.91 Å². The molecule has 28 heavy (non-hydrogen) atoms. The second-order valence-electron chi connectivity index (χ2n) is 7.00. The molecule has 1 saturated heterocycles. The van der Waals surface area contributed by atoms with E-state index in [2.05, 4.69) is 10.3 Å². The summed E-state index contributed by atoms with van der Waals surface area (Å²) in [5.41, 5.74) is 2.53. The second-order valence-corrected chi connectivity index (χ2v) is 8.47. The lowest BCUT2D eigenvalue weighted by Crippen LogP contribution is -2.41. The lowest BCUT2D eigenvalue weighted by Gasteiger charge is -2.31. The van der Waals surface area contributed by atoms with E-state index in [1.165, 1.54) is 11.3 Å². The van der Waals surface area contributed by atoms with Crippen LogP contribution in [0.3, 0.4) is 0 Å². The third-order valence-electron chi connectivity index (χ3n) is 5.11. The van der Waals surface area contributed by atoms with Crippen molar-refractivity contribution < 1.29 is 9.59 Å². The molecular weight excluding hydrogens is 394 g/mol. The van der Waals surface area contributed by atoms with E-state index in [4.69, 9.17) is 11.6 Å². The van der Waals surface area contributed by atoms with Crippen molar-refractivity contribution in [2.75, 3.05) is 18.4 Å². The number of rotatable bonds is 3. The van der Waals surface area contributed by atoms with Gasteiger partial charge in [0, 0.05) is 29.6 Å². The summed E-state index contributed by atoms with van der Waals surface area (Å²) in [6.45, 7) is 3.11. The number of nitrogens with one attached hydrogen (secondary N) is 1. The number of nitrogens with zero attached hydrogens (tertiary/aromatic N) is 2. The molecule has 0 saturated carbocycles. The molecule has 0 atom stereocenters.